The summed E-state index contributed by atoms with van der Waals surface area (Å²) in [4.78, 5) is 14.2. The normalized spacial score (nSPS) is 11.3. The molecule has 1 aromatic carbocycles. The number of hydrogen-bond donors (Lipinski definition) is 2. The van der Waals surface area contributed by atoms with Gasteiger partial charge in [-0.1, -0.05) is 22.9 Å². The Morgan fingerprint density at radius 1 is 1.43 bits per heavy atom. The van der Waals surface area contributed by atoms with E-state index in [0.717, 1.165) is 17.4 Å². The molecule has 1 unspecified atom stereocenters. The molecule has 3 N–H and O–H groups in total. The molecule has 0 radical (unpaired) electrons. The Morgan fingerprint density at radius 3 is 2.57 bits per heavy atom. The quantitative estimate of drug-likeness (QED) is 0.720. The lowest BCUT2D eigenvalue weighted by Crippen LogP contribution is -2.37. The van der Waals surface area contributed by atoms with E-state index in [1.807, 2.05) is 6.07 Å². The van der Waals surface area contributed by atoms with Crippen LogP contribution in [0.25, 0.3) is 0 Å². The summed E-state index contributed by atoms with van der Waals surface area (Å²) in [6.45, 7) is 5.78. The summed E-state index contributed by atoms with van der Waals surface area (Å²) in [5, 5.41) is 2.89. The van der Waals surface area contributed by atoms with Crippen LogP contribution in [0.3, 0.4) is 0 Å². The number of carbonyl (C=O) groups is 1. The topological polar surface area (TPSA) is 58.4 Å². The molecular formula is C14H24BrCl2N3O. The van der Waals surface area contributed by atoms with E-state index in [2.05, 4.69) is 47.0 Å². The minimum absolute atomic E-state index is 0. The second-order valence-electron chi connectivity index (χ2n) is 4.73. The van der Waals surface area contributed by atoms with Gasteiger partial charge in [0.1, 0.15) is 0 Å². The van der Waals surface area contributed by atoms with Crippen molar-refractivity contribution in [3.8, 4) is 0 Å². The van der Waals surface area contributed by atoms with Gasteiger partial charge in [-0.2, -0.15) is 0 Å². The van der Waals surface area contributed by atoms with E-state index in [0.29, 0.717) is 23.8 Å². The summed E-state index contributed by atoms with van der Waals surface area (Å²) < 4.78 is 0.873. The van der Waals surface area contributed by atoms with Gasteiger partial charge in [0.15, 0.2) is 0 Å². The SMILES string of the molecule is CCC(C)N(C)CCNC(=O)c1ccc(Br)cc1N.Cl.Cl. The Balaban J connectivity index is 0. The molecule has 0 aliphatic heterocycles. The molecule has 4 nitrogen and oxygen atoms in total. The van der Waals surface area contributed by atoms with Crippen LogP contribution < -0.4 is 11.1 Å². The Kier molecular flexibility index (Phi) is 12.1. The van der Waals surface area contributed by atoms with Crippen LogP contribution in [0, 0.1) is 0 Å². The smallest absolute Gasteiger partial charge is 0.253 e. The van der Waals surface area contributed by atoms with Gasteiger partial charge in [-0.05, 0) is 38.6 Å². The fourth-order valence-corrected chi connectivity index (χ4v) is 2.09. The van der Waals surface area contributed by atoms with E-state index in [4.69, 9.17) is 5.73 Å². The lowest BCUT2D eigenvalue weighted by molar-refractivity contribution is 0.0948. The third-order valence-corrected chi connectivity index (χ3v) is 3.84. The molecule has 7 heteroatoms. The fourth-order valence-electron chi connectivity index (χ4n) is 1.71. The third kappa shape index (κ3) is 7.36. The zero-order valence-corrected chi connectivity index (χ0v) is 15.8. The highest BCUT2D eigenvalue weighted by Crippen LogP contribution is 2.18. The average Bonchev–Trinajstić information content (AvgIpc) is 2.37. The molecule has 0 aliphatic carbocycles. The van der Waals surface area contributed by atoms with Gasteiger partial charge in [0, 0.05) is 29.3 Å². The van der Waals surface area contributed by atoms with Gasteiger partial charge in [0.2, 0.25) is 0 Å². The minimum atomic E-state index is -0.123. The maximum atomic E-state index is 12.0. The summed E-state index contributed by atoms with van der Waals surface area (Å²) in [5.41, 5.74) is 6.83. The van der Waals surface area contributed by atoms with E-state index < -0.39 is 0 Å². The zero-order valence-electron chi connectivity index (χ0n) is 12.6. The molecule has 0 spiro atoms. The average molecular weight is 401 g/mol. The lowest BCUT2D eigenvalue weighted by atomic mass is 10.1. The minimum Gasteiger partial charge on any atom is -0.398 e. The summed E-state index contributed by atoms with van der Waals surface area (Å²) in [5.74, 6) is -0.123. The van der Waals surface area contributed by atoms with Crippen LogP contribution in [0.5, 0.6) is 0 Å². The van der Waals surface area contributed by atoms with Crippen molar-refractivity contribution in [2.45, 2.75) is 26.3 Å². The molecule has 0 saturated heterocycles. The van der Waals surface area contributed by atoms with Crippen molar-refractivity contribution in [3.63, 3.8) is 0 Å². The second kappa shape index (κ2) is 11.1. The Labute approximate surface area is 147 Å². The first-order valence-corrected chi connectivity index (χ1v) is 7.28. The van der Waals surface area contributed by atoms with Gasteiger partial charge in [0.05, 0.1) is 5.56 Å². The van der Waals surface area contributed by atoms with Gasteiger partial charge in [0.25, 0.3) is 5.91 Å². The first kappa shape index (κ1) is 22.8. The van der Waals surface area contributed by atoms with E-state index in [1.165, 1.54) is 0 Å². The van der Waals surface area contributed by atoms with Crippen LogP contribution in [-0.4, -0.2) is 37.0 Å². The number of nitrogen functional groups attached to an aromatic ring is 1. The summed E-state index contributed by atoms with van der Waals surface area (Å²) in [7, 11) is 2.06. The first-order valence-electron chi connectivity index (χ1n) is 6.49. The van der Waals surface area contributed by atoms with E-state index >= 15 is 0 Å². The van der Waals surface area contributed by atoms with E-state index in [9.17, 15) is 4.79 Å². The predicted octanol–water partition coefficient (Wildman–Crippen LogP) is 3.34. The van der Waals surface area contributed by atoms with Crippen LogP contribution in [0.15, 0.2) is 22.7 Å². The molecule has 0 fully saturated rings. The van der Waals surface area contributed by atoms with Gasteiger partial charge in [-0.25, -0.2) is 0 Å². The Bertz CT molecular complexity index is 446. The number of nitrogens with two attached hydrogens (primary N) is 1. The molecule has 0 aromatic heterocycles. The van der Waals surface area contributed by atoms with E-state index in [1.54, 1.807) is 12.1 Å². The molecule has 0 heterocycles. The van der Waals surface area contributed by atoms with Gasteiger partial charge in [-0.15, -0.1) is 24.8 Å². The van der Waals surface area contributed by atoms with Gasteiger partial charge < -0.3 is 16.0 Å². The lowest BCUT2D eigenvalue weighted by Gasteiger charge is -2.23. The van der Waals surface area contributed by atoms with Crippen molar-refractivity contribution in [1.29, 1.82) is 0 Å². The monoisotopic (exact) mass is 399 g/mol. The van der Waals surface area contributed by atoms with Crippen molar-refractivity contribution >= 4 is 52.3 Å². The Morgan fingerprint density at radius 2 is 2.05 bits per heavy atom. The number of anilines is 1. The summed E-state index contributed by atoms with van der Waals surface area (Å²) in [6.07, 6.45) is 1.10. The van der Waals surface area contributed by atoms with Crippen LogP contribution in [0.1, 0.15) is 30.6 Å². The second-order valence-corrected chi connectivity index (χ2v) is 5.64. The number of nitrogens with one attached hydrogen (secondary N) is 1. The fraction of sp³-hybridized carbons (Fsp3) is 0.500. The summed E-state index contributed by atoms with van der Waals surface area (Å²) in [6, 6.07) is 5.80. The number of rotatable bonds is 6. The molecule has 1 atom stereocenters. The molecule has 1 rings (SSSR count). The van der Waals surface area contributed by atoms with E-state index in [-0.39, 0.29) is 30.7 Å². The molecule has 21 heavy (non-hydrogen) atoms. The van der Waals surface area contributed by atoms with Crippen molar-refractivity contribution in [2.75, 3.05) is 25.9 Å². The molecule has 122 valence electrons. The van der Waals surface area contributed by atoms with Crippen LogP contribution in [-0.2, 0) is 0 Å². The highest BCUT2D eigenvalue weighted by molar-refractivity contribution is 9.10. The predicted molar refractivity (Wildman–Crippen MR) is 97.8 cm³/mol. The van der Waals surface area contributed by atoms with Gasteiger partial charge in [-0.3, -0.25) is 4.79 Å². The Hall–Kier alpha value is -0.490. The maximum absolute atomic E-state index is 12.0. The molecule has 0 aliphatic rings. The van der Waals surface area contributed by atoms with Crippen LogP contribution in [0.2, 0.25) is 0 Å². The van der Waals surface area contributed by atoms with Crippen molar-refractivity contribution in [3.05, 3.63) is 28.2 Å². The molecule has 0 saturated carbocycles. The first-order chi connectivity index (χ1) is 8.95. The largest absolute Gasteiger partial charge is 0.398 e. The number of carbonyl (C=O) groups excluding carboxylic acids is 1. The molecule has 1 aromatic rings. The van der Waals surface area contributed by atoms with Gasteiger partial charge >= 0.3 is 0 Å². The van der Waals surface area contributed by atoms with Crippen molar-refractivity contribution in [1.82, 2.24) is 10.2 Å². The highest BCUT2D eigenvalue weighted by atomic mass is 79.9. The maximum Gasteiger partial charge on any atom is 0.253 e. The highest BCUT2D eigenvalue weighted by Gasteiger charge is 2.10. The zero-order chi connectivity index (χ0) is 14.4. The van der Waals surface area contributed by atoms with Crippen LogP contribution >= 0.6 is 40.7 Å². The number of amides is 1. The molecular weight excluding hydrogens is 377 g/mol. The molecule has 1 amide bonds. The number of benzene rings is 1. The standard InChI is InChI=1S/C14H22BrN3O.2ClH/c1-4-10(2)18(3)8-7-17-14(19)12-6-5-11(15)9-13(12)16;;/h5-6,9-10H,4,7-8,16H2,1-3H3,(H,17,19);2*1H. The van der Waals surface area contributed by atoms with Crippen molar-refractivity contribution in [2.24, 2.45) is 0 Å². The van der Waals surface area contributed by atoms with Crippen LogP contribution in [0.4, 0.5) is 5.69 Å². The number of hydrogen-bond acceptors (Lipinski definition) is 3. The summed E-state index contributed by atoms with van der Waals surface area (Å²) >= 11 is 3.32. The van der Waals surface area contributed by atoms with Crippen molar-refractivity contribution < 1.29 is 4.79 Å². The number of nitrogens with zero attached hydrogens (tertiary/aromatic N) is 1. The third-order valence-electron chi connectivity index (χ3n) is 3.35. The number of likely N-dealkylation sites (N-methyl/N-ethyl adjacent to an activating group) is 1. The number of halogens is 3. The molecule has 0 bridgehead atoms.